The van der Waals surface area contributed by atoms with Gasteiger partial charge in [0.15, 0.2) is 0 Å². The number of nitrogens with zero attached hydrogens (tertiary/aromatic N) is 1. The highest BCUT2D eigenvalue weighted by atomic mass is 16.6. The first-order chi connectivity index (χ1) is 17.3. The Morgan fingerprint density at radius 1 is 1.03 bits per heavy atom. The van der Waals surface area contributed by atoms with Crippen molar-refractivity contribution >= 4 is 17.9 Å². The van der Waals surface area contributed by atoms with Crippen molar-refractivity contribution in [2.45, 2.75) is 111 Å². The first-order valence-corrected chi connectivity index (χ1v) is 13.5. The molecule has 0 aliphatic carbocycles. The molecular weight excluding hydrogens is 466 g/mol. The number of hydrogen-bond acceptors (Lipinski definition) is 4. The lowest BCUT2D eigenvalue weighted by Gasteiger charge is -2.38. The van der Waals surface area contributed by atoms with Crippen molar-refractivity contribution in [1.29, 1.82) is 0 Å². The molecule has 0 aliphatic heterocycles. The van der Waals surface area contributed by atoms with E-state index in [1.165, 1.54) is 0 Å². The quantitative estimate of drug-likeness (QED) is 0.266. The fourth-order valence-electron chi connectivity index (χ4n) is 3.97. The summed E-state index contributed by atoms with van der Waals surface area (Å²) in [4.78, 5) is 41.6. The lowest BCUT2D eigenvalue weighted by molar-refractivity contribution is -0.144. The SMILES string of the molecule is C#Cc1ccc(C(C(=O)NCCCCC)N(C(=O)C(C)NC(=O)OC(C)(C)C)C(C)CCC(C)C)cc1. The topological polar surface area (TPSA) is 87.7 Å². The second-order valence-corrected chi connectivity index (χ2v) is 11.1. The molecule has 1 aromatic rings. The average molecular weight is 514 g/mol. The molecule has 37 heavy (non-hydrogen) atoms. The molecule has 3 atom stereocenters. The summed E-state index contributed by atoms with van der Waals surface area (Å²) in [5.41, 5.74) is 0.661. The molecule has 0 heterocycles. The van der Waals surface area contributed by atoms with Gasteiger partial charge in [0.05, 0.1) is 0 Å². The number of nitrogens with one attached hydrogen (secondary N) is 2. The minimum absolute atomic E-state index is 0.251. The van der Waals surface area contributed by atoms with Crippen LogP contribution in [0.15, 0.2) is 24.3 Å². The molecule has 0 aromatic heterocycles. The number of hydrogen-bond donors (Lipinski definition) is 2. The molecule has 0 saturated heterocycles. The van der Waals surface area contributed by atoms with Crippen LogP contribution >= 0.6 is 0 Å². The van der Waals surface area contributed by atoms with Gasteiger partial charge in [-0.1, -0.05) is 51.7 Å². The zero-order chi connectivity index (χ0) is 28.2. The molecule has 7 heteroatoms. The summed E-state index contributed by atoms with van der Waals surface area (Å²) >= 11 is 0. The molecule has 1 rings (SSSR count). The Balaban J connectivity index is 3.41. The fourth-order valence-corrected chi connectivity index (χ4v) is 3.97. The maximum Gasteiger partial charge on any atom is 0.408 e. The predicted molar refractivity (Wildman–Crippen MR) is 149 cm³/mol. The van der Waals surface area contributed by atoms with Crippen LogP contribution in [-0.2, 0) is 14.3 Å². The van der Waals surface area contributed by atoms with Crippen LogP contribution in [0.5, 0.6) is 0 Å². The van der Waals surface area contributed by atoms with Crippen LogP contribution in [0.4, 0.5) is 4.79 Å². The number of amides is 3. The van der Waals surface area contributed by atoms with Gasteiger partial charge in [-0.15, -0.1) is 6.42 Å². The molecule has 0 saturated carbocycles. The van der Waals surface area contributed by atoms with E-state index in [4.69, 9.17) is 11.2 Å². The fraction of sp³-hybridized carbons (Fsp3) is 0.633. The number of benzene rings is 1. The van der Waals surface area contributed by atoms with Gasteiger partial charge in [-0.3, -0.25) is 9.59 Å². The highest BCUT2D eigenvalue weighted by molar-refractivity contribution is 5.92. The maximum atomic E-state index is 13.9. The molecule has 0 bridgehead atoms. The predicted octanol–water partition coefficient (Wildman–Crippen LogP) is 5.58. The molecule has 0 spiro atoms. The minimum atomic E-state index is -0.892. The van der Waals surface area contributed by atoms with Gasteiger partial charge in [0.2, 0.25) is 11.8 Å². The average Bonchev–Trinajstić information content (AvgIpc) is 2.81. The van der Waals surface area contributed by atoms with Crippen LogP contribution in [0.25, 0.3) is 0 Å². The summed E-state index contributed by atoms with van der Waals surface area (Å²) in [6.07, 6.45) is 9.37. The van der Waals surface area contributed by atoms with Crippen LogP contribution in [0, 0.1) is 18.3 Å². The number of alkyl carbamates (subject to hydrolysis) is 1. The van der Waals surface area contributed by atoms with Gasteiger partial charge in [0.1, 0.15) is 17.7 Å². The lowest BCUT2D eigenvalue weighted by atomic mass is 9.96. The number of ether oxygens (including phenoxy) is 1. The summed E-state index contributed by atoms with van der Waals surface area (Å²) < 4.78 is 5.35. The van der Waals surface area contributed by atoms with E-state index < -0.39 is 23.8 Å². The largest absolute Gasteiger partial charge is 0.444 e. The van der Waals surface area contributed by atoms with Gasteiger partial charge in [-0.25, -0.2) is 4.79 Å². The molecule has 206 valence electrons. The number of carbonyl (C=O) groups excluding carboxylic acids is 3. The molecule has 7 nitrogen and oxygen atoms in total. The Morgan fingerprint density at radius 3 is 2.16 bits per heavy atom. The first-order valence-electron chi connectivity index (χ1n) is 13.5. The van der Waals surface area contributed by atoms with Gasteiger partial charge in [0, 0.05) is 18.2 Å². The Bertz CT molecular complexity index is 912. The van der Waals surface area contributed by atoms with Crippen molar-refractivity contribution in [3.8, 4) is 12.3 Å². The lowest BCUT2D eigenvalue weighted by Crippen LogP contribution is -2.54. The minimum Gasteiger partial charge on any atom is -0.444 e. The number of carbonyl (C=O) groups is 3. The molecule has 0 aliphatic rings. The Morgan fingerprint density at radius 2 is 1.65 bits per heavy atom. The molecule has 2 N–H and O–H groups in total. The number of terminal acetylenes is 1. The highest BCUT2D eigenvalue weighted by Crippen LogP contribution is 2.28. The van der Waals surface area contributed by atoms with Crippen molar-refractivity contribution in [3.05, 3.63) is 35.4 Å². The third-order valence-electron chi connectivity index (χ3n) is 5.99. The Hall–Kier alpha value is -3.01. The summed E-state index contributed by atoms with van der Waals surface area (Å²) in [7, 11) is 0. The third kappa shape index (κ3) is 11.3. The Kier molecular flexibility index (Phi) is 13.2. The second-order valence-electron chi connectivity index (χ2n) is 11.1. The van der Waals surface area contributed by atoms with Crippen molar-refractivity contribution < 1.29 is 19.1 Å². The van der Waals surface area contributed by atoms with Crippen LogP contribution in [0.3, 0.4) is 0 Å². The van der Waals surface area contributed by atoms with Crippen molar-refractivity contribution in [3.63, 3.8) is 0 Å². The smallest absolute Gasteiger partial charge is 0.408 e. The van der Waals surface area contributed by atoms with Crippen molar-refractivity contribution in [2.24, 2.45) is 5.92 Å². The molecule has 1 aromatic carbocycles. The molecule has 3 amide bonds. The first kappa shape index (κ1) is 32.0. The van der Waals surface area contributed by atoms with Gasteiger partial charge in [-0.2, -0.15) is 0 Å². The van der Waals surface area contributed by atoms with Gasteiger partial charge < -0.3 is 20.3 Å². The van der Waals surface area contributed by atoms with E-state index in [0.29, 0.717) is 30.0 Å². The monoisotopic (exact) mass is 513 g/mol. The zero-order valence-electron chi connectivity index (χ0n) is 24.0. The second kappa shape index (κ2) is 15.3. The maximum absolute atomic E-state index is 13.9. The normalized spacial score (nSPS) is 13.7. The number of unbranched alkanes of at least 4 members (excludes halogenated alkanes) is 2. The van der Waals surface area contributed by atoms with E-state index >= 15 is 0 Å². The Labute approximate surface area is 224 Å². The summed E-state index contributed by atoms with van der Waals surface area (Å²) in [5, 5.41) is 5.67. The zero-order valence-corrected chi connectivity index (χ0v) is 24.0. The van der Waals surface area contributed by atoms with E-state index in [1.54, 1.807) is 56.9 Å². The van der Waals surface area contributed by atoms with Crippen LogP contribution in [0.2, 0.25) is 0 Å². The molecular formula is C30H47N3O4. The van der Waals surface area contributed by atoms with Crippen molar-refractivity contribution in [1.82, 2.24) is 15.5 Å². The standard InChI is InChI=1S/C30H47N3O4/c1-10-12-13-20-31-27(34)26(25-18-16-24(11-2)17-19-25)33(22(5)15-14-21(3)4)28(35)23(6)32-29(36)37-30(7,8)9/h2,16-19,21-23,26H,10,12-15,20H2,1,3-9H3,(H,31,34)(H,32,36). The van der Waals surface area contributed by atoms with Crippen LogP contribution in [0.1, 0.15) is 105 Å². The van der Waals surface area contributed by atoms with E-state index in [2.05, 4.69) is 37.3 Å². The summed E-state index contributed by atoms with van der Waals surface area (Å²) in [6, 6.07) is 5.13. The van der Waals surface area contributed by atoms with E-state index in [0.717, 1.165) is 25.7 Å². The van der Waals surface area contributed by atoms with Gasteiger partial charge in [-0.05, 0) is 77.5 Å². The van der Waals surface area contributed by atoms with Gasteiger partial charge in [0.25, 0.3) is 0 Å². The molecule has 3 unspecified atom stereocenters. The van der Waals surface area contributed by atoms with E-state index in [9.17, 15) is 14.4 Å². The van der Waals surface area contributed by atoms with E-state index in [-0.39, 0.29) is 17.9 Å². The molecule has 0 fully saturated rings. The summed E-state index contributed by atoms with van der Waals surface area (Å²) in [6.45, 7) is 15.7. The third-order valence-corrected chi connectivity index (χ3v) is 5.99. The van der Waals surface area contributed by atoms with E-state index in [1.807, 2.05) is 6.92 Å². The van der Waals surface area contributed by atoms with Crippen LogP contribution in [-0.4, -0.2) is 47.0 Å². The number of rotatable bonds is 13. The van der Waals surface area contributed by atoms with Crippen LogP contribution < -0.4 is 10.6 Å². The summed E-state index contributed by atoms with van der Waals surface area (Å²) in [5.74, 6) is 2.43. The highest BCUT2D eigenvalue weighted by Gasteiger charge is 2.37. The molecule has 0 radical (unpaired) electrons. The van der Waals surface area contributed by atoms with Crippen molar-refractivity contribution in [2.75, 3.05) is 6.54 Å². The van der Waals surface area contributed by atoms with Gasteiger partial charge >= 0.3 is 6.09 Å².